The average molecular weight is 316 g/mol. The van der Waals surface area contributed by atoms with Crippen LogP contribution in [-0.4, -0.2) is 31.0 Å². The predicted molar refractivity (Wildman–Crippen MR) is 96.2 cm³/mol. The molecular weight excluding hydrogens is 274 g/mol. The number of hydrogen-bond donors (Lipinski definition) is 2. The van der Waals surface area contributed by atoms with Gasteiger partial charge in [0, 0.05) is 7.11 Å². The second-order valence-electron chi connectivity index (χ2n) is 6.72. The summed E-state index contributed by atoms with van der Waals surface area (Å²) >= 11 is 0. The molecule has 2 atom stereocenters. The van der Waals surface area contributed by atoms with Gasteiger partial charge in [0.25, 0.3) is 0 Å². The van der Waals surface area contributed by atoms with Gasteiger partial charge in [-0.1, -0.05) is 90.4 Å². The van der Waals surface area contributed by atoms with Gasteiger partial charge in [0.05, 0.1) is 18.8 Å². The van der Waals surface area contributed by atoms with Crippen LogP contribution in [0.3, 0.4) is 0 Å². The van der Waals surface area contributed by atoms with Crippen molar-refractivity contribution >= 4 is 0 Å². The number of ether oxygens (including phenoxy) is 1. The first-order chi connectivity index (χ1) is 10.7. The molecule has 3 N–H and O–H groups in total. The van der Waals surface area contributed by atoms with Crippen molar-refractivity contribution < 1.29 is 9.84 Å². The monoisotopic (exact) mass is 315 g/mol. The predicted octanol–water partition coefficient (Wildman–Crippen LogP) is 4.80. The summed E-state index contributed by atoms with van der Waals surface area (Å²) < 4.78 is 4.96. The second-order valence-corrected chi connectivity index (χ2v) is 6.72. The Hall–Kier alpha value is -0.120. The van der Waals surface area contributed by atoms with Crippen LogP contribution in [0.4, 0.5) is 0 Å². The van der Waals surface area contributed by atoms with Gasteiger partial charge in [-0.25, -0.2) is 0 Å². The number of rotatable bonds is 17. The minimum atomic E-state index is -0.410. The maximum atomic E-state index is 9.82. The van der Waals surface area contributed by atoms with E-state index in [1.165, 1.54) is 77.0 Å². The Morgan fingerprint density at radius 2 is 1.18 bits per heavy atom. The lowest BCUT2D eigenvalue weighted by molar-refractivity contribution is 0.0798. The van der Waals surface area contributed by atoms with Crippen molar-refractivity contribution in [3.63, 3.8) is 0 Å². The Balaban J connectivity index is 3.14. The van der Waals surface area contributed by atoms with Crippen LogP contribution < -0.4 is 5.73 Å². The molecule has 0 radical (unpaired) electrons. The van der Waals surface area contributed by atoms with E-state index in [-0.39, 0.29) is 6.04 Å². The lowest BCUT2D eigenvalue weighted by atomic mass is 10.0. The summed E-state index contributed by atoms with van der Waals surface area (Å²) in [5, 5.41) is 9.82. The molecule has 0 aliphatic heterocycles. The number of unbranched alkanes of at least 4 members (excludes halogenated alkanes) is 12. The molecule has 0 heterocycles. The summed E-state index contributed by atoms with van der Waals surface area (Å²) in [5.41, 5.74) is 5.80. The Kier molecular flexibility index (Phi) is 17.1. The van der Waals surface area contributed by atoms with Gasteiger partial charge in [0.1, 0.15) is 0 Å². The third kappa shape index (κ3) is 14.8. The van der Waals surface area contributed by atoms with E-state index >= 15 is 0 Å². The van der Waals surface area contributed by atoms with Gasteiger partial charge < -0.3 is 15.6 Å². The van der Waals surface area contributed by atoms with Crippen LogP contribution in [0.15, 0.2) is 0 Å². The van der Waals surface area contributed by atoms with Crippen molar-refractivity contribution in [2.45, 2.75) is 109 Å². The van der Waals surface area contributed by atoms with E-state index in [2.05, 4.69) is 6.92 Å². The summed E-state index contributed by atoms with van der Waals surface area (Å²) in [6, 6.07) is -0.234. The highest BCUT2D eigenvalue weighted by Gasteiger charge is 2.13. The van der Waals surface area contributed by atoms with E-state index in [4.69, 9.17) is 10.5 Å². The van der Waals surface area contributed by atoms with Gasteiger partial charge in [-0.05, 0) is 6.42 Å². The molecule has 3 heteroatoms. The first-order valence-corrected chi connectivity index (χ1v) is 9.65. The van der Waals surface area contributed by atoms with Crippen molar-refractivity contribution in [3.8, 4) is 0 Å². The Bertz CT molecular complexity index is 212. The molecule has 0 bridgehead atoms. The van der Waals surface area contributed by atoms with Gasteiger partial charge in [-0.2, -0.15) is 0 Å². The number of nitrogens with two attached hydrogens (primary N) is 1. The van der Waals surface area contributed by atoms with E-state index in [1.807, 2.05) is 0 Å². The highest BCUT2D eigenvalue weighted by molar-refractivity contribution is 4.70. The third-order valence-corrected chi connectivity index (χ3v) is 4.46. The molecule has 3 nitrogen and oxygen atoms in total. The highest BCUT2D eigenvalue weighted by Crippen LogP contribution is 2.13. The fourth-order valence-electron chi connectivity index (χ4n) is 2.89. The molecule has 0 aromatic heterocycles. The van der Waals surface area contributed by atoms with Crippen LogP contribution in [-0.2, 0) is 4.74 Å². The van der Waals surface area contributed by atoms with E-state index in [0.717, 1.165) is 12.8 Å². The van der Waals surface area contributed by atoms with Gasteiger partial charge in [0.2, 0.25) is 0 Å². The van der Waals surface area contributed by atoms with Crippen LogP contribution in [0, 0.1) is 0 Å². The topological polar surface area (TPSA) is 55.5 Å². The zero-order chi connectivity index (χ0) is 16.5. The summed E-state index contributed by atoms with van der Waals surface area (Å²) in [7, 11) is 1.62. The Labute approximate surface area is 139 Å². The van der Waals surface area contributed by atoms with Crippen molar-refractivity contribution in [1.82, 2.24) is 0 Å². The van der Waals surface area contributed by atoms with Gasteiger partial charge in [-0.3, -0.25) is 0 Å². The number of methoxy groups -OCH3 is 1. The van der Waals surface area contributed by atoms with Gasteiger partial charge >= 0.3 is 0 Å². The molecule has 2 unspecified atom stereocenters. The standard InChI is InChI=1S/C19H41NO2/c1-3-4-5-6-7-8-9-10-11-12-13-14-15-16-19(21)18(20)17-22-2/h18-19,21H,3-17,20H2,1-2H3. The van der Waals surface area contributed by atoms with E-state index < -0.39 is 6.10 Å². The number of aliphatic hydroxyl groups excluding tert-OH is 1. The summed E-state index contributed by atoms with van der Waals surface area (Å²) in [5.74, 6) is 0. The fourth-order valence-corrected chi connectivity index (χ4v) is 2.89. The molecule has 0 aromatic carbocycles. The van der Waals surface area contributed by atoms with Crippen molar-refractivity contribution in [2.24, 2.45) is 5.73 Å². The lowest BCUT2D eigenvalue weighted by Gasteiger charge is -2.17. The molecule has 0 saturated heterocycles. The smallest absolute Gasteiger partial charge is 0.0713 e. The largest absolute Gasteiger partial charge is 0.391 e. The molecule has 22 heavy (non-hydrogen) atoms. The van der Waals surface area contributed by atoms with E-state index in [1.54, 1.807) is 7.11 Å². The number of hydrogen-bond acceptors (Lipinski definition) is 3. The minimum absolute atomic E-state index is 0.234. The first kappa shape index (κ1) is 21.9. The third-order valence-electron chi connectivity index (χ3n) is 4.46. The molecule has 0 saturated carbocycles. The fraction of sp³-hybridized carbons (Fsp3) is 1.00. The zero-order valence-corrected chi connectivity index (χ0v) is 15.2. The molecule has 0 aliphatic rings. The summed E-state index contributed by atoms with van der Waals surface area (Å²) in [4.78, 5) is 0. The quantitative estimate of drug-likeness (QED) is 0.379. The SMILES string of the molecule is CCCCCCCCCCCCCCCC(O)C(N)COC. The highest BCUT2D eigenvalue weighted by atomic mass is 16.5. The summed E-state index contributed by atoms with van der Waals surface area (Å²) in [6.45, 7) is 2.72. The summed E-state index contributed by atoms with van der Waals surface area (Å²) in [6.07, 6.45) is 18.0. The molecule has 0 amide bonds. The Morgan fingerprint density at radius 3 is 1.59 bits per heavy atom. The van der Waals surface area contributed by atoms with Gasteiger partial charge in [0.15, 0.2) is 0 Å². The zero-order valence-electron chi connectivity index (χ0n) is 15.2. The van der Waals surface area contributed by atoms with Crippen LogP contribution in [0.25, 0.3) is 0 Å². The number of aliphatic hydroxyl groups is 1. The normalized spacial score (nSPS) is 14.2. The maximum absolute atomic E-state index is 9.82. The van der Waals surface area contributed by atoms with E-state index in [0.29, 0.717) is 6.61 Å². The van der Waals surface area contributed by atoms with Crippen LogP contribution in [0.1, 0.15) is 96.8 Å². The van der Waals surface area contributed by atoms with Crippen LogP contribution in [0.2, 0.25) is 0 Å². The van der Waals surface area contributed by atoms with Crippen molar-refractivity contribution in [1.29, 1.82) is 0 Å². The van der Waals surface area contributed by atoms with Gasteiger partial charge in [-0.15, -0.1) is 0 Å². The average Bonchev–Trinajstić information content (AvgIpc) is 2.51. The molecule has 0 aliphatic carbocycles. The molecular formula is C19H41NO2. The van der Waals surface area contributed by atoms with E-state index in [9.17, 15) is 5.11 Å². The second kappa shape index (κ2) is 17.2. The molecule has 0 spiro atoms. The maximum Gasteiger partial charge on any atom is 0.0713 e. The minimum Gasteiger partial charge on any atom is -0.391 e. The Morgan fingerprint density at radius 1 is 0.773 bits per heavy atom. The first-order valence-electron chi connectivity index (χ1n) is 9.65. The van der Waals surface area contributed by atoms with Crippen molar-refractivity contribution in [2.75, 3.05) is 13.7 Å². The van der Waals surface area contributed by atoms with Crippen LogP contribution >= 0.6 is 0 Å². The molecule has 0 rings (SSSR count). The van der Waals surface area contributed by atoms with Crippen molar-refractivity contribution in [3.05, 3.63) is 0 Å². The molecule has 0 fully saturated rings. The van der Waals surface area contributed by atoms with Crippen LogP contribution in [0.5, 0.6) is 0 Å². The molecule has 134 valence electrons. The lowest BCUT2D eigenvalue weighted by Crippen LogP contribution is -2.38. The molecule has 0 aromatic rings.